The zero-order valence-corrected chi connectivity index (χ0v) is 11.9. The summed E-state index contributed by atoms with van der Waals surface area (Å²) in [5.74, 6) is 6.12. The van der Waals surface area contributed by atoms with Gasteiger partial charge in [-0.1, -0.05) is 36.8 Å². The molecule has 0 aromatic heterocycles. The monoisotopic (exact) mass is 243 g/mol. The molecule has 0 aliphatic heterocycles. The van der Waals surface area contributed by atoms with Crippen LogP contribution < -0.4 is 5.32 Å². The molecule has 1 heteroatoms. The molecule has 1 rings (SSSR count). The molecule has 0 aliphatic carbocycles. The Bertz CT molecular complexity index is 398. The third kappa shape index (κ3) is 5.89. The van der Waals surface area contributed by atoms with Crippen molar-refractivity contribution in [2.24, 2.45) is 0 Å². The summed E-state index contributed by atoms with van der Waals surface area (Å²) in [6.07, 6.45) is 4.50. The van der Waals surface area contributed by atoms with Crippen LogP contribution in [0, 0.1) is 18.8 Å². The van der Waals surface area contributed by atoms with Crippen molar-refractivity contribution in [3.05, 3.63) is 35.4 Å². The molecule has 0 fully saturated rings. The molecule has 0 heterocycles. The van der Waals surface area contributed by atoms with Crippen molar-refractivity contribution < 1.29 is 0 Å². The highest BCUT2D eigenvalue weighted by molar-refractivity contribution is 5.22. The van der Waals surface area contributed by atoms with Crippen LogP contribution in [0.3, 0.4) is 0 Å². The maximum absolute atomic E-state index is 3.56. The molecular weight excluding hydrogens is 218 g/mol. The van der Waals surface area contributed by atoms with E-state index in [1.165, 1.54) is 17.5 Å². The van der Waals surface area contributed by atoms with Gasteiger partial charge in [0.2, 0.25) is 0 Å². The molecule has 1 nitrogen and oxygen atoms in total. The number of nitrogens with one attached hydrogen (secondary N) is 1. The lowest BCUT2D eigenvalue weighted by molar-refractivity contribution is 0.469. The van der Waals surface area contributed by atoms with Gasteiger partial charge in [0.25, 0.3) is 0 Å². The van der Waals surface area contributed by atoms with E-state index in [-0.39, 0.29) is 0 Å². The molecule has 0 saturated carbocycles. The fourth-order valence-corrected chi connectivity index (χ4v) is 2.22. The van der Waals surface area contributed by atoms with Gasteiger partial charge in [-0.2, -0.15) is 0 Å². The number of aryl methyl sites for hydroxylation is 2. The lowest BCUT2D eigenvalue weighted by Crippen LogP contribution is -2.29. The molecule has 98 valence electrons. The fourth-order valence-electron chi connectivity index (χ4n) is 2.22. The summed E-state index contributed by atoms with van der Waals surface area (Å²) in [5, 5.41) is 3.56. The van der Waals surface area contributed by atoms with E-state index in [9.17, 15) is 0 Å². The van der Waals surface area contributed by atoms with E-state index in [2.05, 4.69) is 55.3 Å². The van der Waals surface area contributed by atoms with Gasteiger partial charge in [0.1, 0.15) is 0 Å². The molecular formula is C17H25N. The molecule has 1 N–H and O–H groups in total. The van der Waals surface area contributed by atoms with E-state index in [1.807, 2.05) is 6.92 Å². The molecule has 1 aromatic carbocycles. The molecule has 0 bridgehead atoms. The van der Waals surface area contributed by atoms with Gasteiger partial charge in [-0.15, -0.1) is 11.8 Å². The highest BCUT2D eigenvalue weighted by atomic mass is 14.9. The summed E-state index contributed by atoms with van der Waals surface area (Å²) >= 11 is 0. The Labute approximate surface area is 112 Å². The van der Waals surface area contributed by atoms with Gasteiger partial charge in [0.05, 0.1) is 0 Å². The average molecular weight is 243 g/mol. The van der Waals surface area contributed by atoms with Crippen molar-refractivity contribution in [3.63, 3.8) is 0 Å². The van der Waals surface area contributed by atoms with Crippen LogP contribution in [-0.2, 0) is 6.42 Å². The smallest absolute Gasteiger partial charge is 0.0103 e. The second-order valence-electron chi connectivity index (χ2n) is 4.75. The second kappa shape index (κ2) is 8.78. The van der Waals surface area contributed by atoms with Crippen LogP contribution in [0.4, 0.5) is 0 Å². The first-order valence-corrected chi connectivity index (χ1v) is 6.94. The van der Waals surface area contributed by atoms with Gasteiger partial charge in [-0.25, -0.2) is 0 Å². The number of rotatable bonds is 7. The van der Waals surface area contributed by atoms with E-state index < -0.39 is 0 Å². The summed E-state index contributed by atoms with van der Waals surface area (Å²) in [5.41, 5.74) is 2.80. The Morgan fingerprint density at radius 2 is 2.11 bits per heavy atom. The number of hydrogen-bond donors (Lipinski definition) is 1. The van der Waals surface area contributed by atoms with Crippen LogP contribution in [-0.4, -0.2) is 12.6 Å². The molecule has 0 saturated heterocycles. The van der Waals surface area contributed by atoms with Gasteiger partial charge >= 0.3 is 0 Å². The summed E-state index contributed by atoms with van der Waals surface area (Å²) in [4.78, 5) is 0. The van der Waals surface area contributed by atoms with E-state index in [4.69, 9.17) is 0 Å². The number of benzene rings is 1. The van der Waals surface area contributed by atoms with E-state index in [0.717, 1.165) is 25.8 Å². The molecule has 1 unspecified atom stereocenters. The first-order valence-electron chi connectivity index (χ1n) is 6.94. The molecule has 1 atom stereocenters. The summed E-state index contributed by atoms with van der Waals surface area (Å²) in [7, 11) is 0. The van der Waals surface area contributed by atoms with Gasteiger partial charge in [0, 0.05) is 12.5 Å². The van der Waals surface area contributed by atoms with Crippen molar-refractivity contribution in [1.29, 1.82) is 0 Å². The summed E-state index contributed by atoms with van der Waals surface area (Å²) < 4.78 is 0. The van der Waals surface area contributed by atoms with Crippen molar-refractivity contribution in [3.8, 4) is 11.8 Å². The third-order valence-electron chi connectivity index (χ3n) is 3.15. The molecule has 0 radical (unpaired) electrons. The summed E-state index contributed by atoms with van der Waals surface area (Å²) in [6, 6.07) is 9.41. The van der Waals surface area contributed by atoms with Crippen molar-refractivity contribution in [2.75, 3.05) is 6.54 Å². The molecule has 1 aromatic rings. The Morgan fingerprint density at radius 1 is 1.28 bits per heavy atom. The van der Waals surface area contributed by atoms with Gasteiger partial charge in [-0.05, 0) is 45.2 Å². The predicted octanol–water partition coefficient (Wildman–Crippen LogP) is 3.71. The lowest BCUT2D eigenvalue weighted by Gasteiger charge is -2.16. The zero-order valence-electron chi connectivity index (χ0n) is 11.9. The minimum Gasteiger partial charge on any atom is -0.314 e. The van der Waals surface area contributed by atoms with Crippen LogP contribution in [0.15, 0.2) is 24.3 Å². The quantitative estimate of drug-likeness (QED) is 0.720. The third-order valence-corrected chi connectivity index (χ3v) is 3.15. The number of hydrogen-bond acceptors (Lipinski definition) is 1. The molecule has 0 spiro atoms. The Morgan fingerprint density at radius 3 is 2.78 bits per heavy atom. The molecule has 0 amide bonds. The van der Waals surface area contributed by atoms with Gasteiger partial charge < -0.3 is 5.32 Å². The average Bonchev–Trinajstić information content (AvgIpc) is 2.36. The first-order chi connectivity index (χ1) is 8.76. The van der Waals surface area contributed by atoms with E-state index >= 15 is 0 Å². The van der Waals surface area contributed by atoms with Crippen LogP contribution in [0.25, 0.3) is 0 Å². The molecule has 0 aliphatic rings. The van der Waals surface area contributed by atoms with E-state index in [1.54, 1.807) is 0 Å². The largest absolute Gasteiger partial charge is 0.314 e. The maximum atomic E-state index is 3.56. The van der Waals surface area contributed by atoms with E-state index in [0.29, 0.717) is 6.04 Å². The Hall–Kier alpha value is -1.26. The van der Waals surface area contributed by atoms with Crippen LogP contribution in [0.2, 0.25) is 0 Å². The topological polar surface area (TPSA) is 12.0 Å². The standard InChI is InChI=1S/C17H25N/c1-4-6-7-11-17(18-5-2)13-12-16-10-8-9-15(3)14-16/h8-10,14,17-18H,5,7,11-13H2,1-3H3. The highest BCUT2D eigenvalue weighted by Gasteiger charge is 2.06. The Kier molecular flexibility index (Phi) is 7.22. The normalized spacial score (nSPS) is 11.7. The highest BCUT2D eigenvalue weighted by Crippen LogP contribution is 2.10. The van der Waals surface area contributed by atoms with Crippen molar-refractivity contribution >= 4 is 0 Å². The first kappa shape index (κ1) is 14.8. The minimum absolute atomic E-state index is 0.594. The van der Waals surface area contributed by atoms with Crippen LogP contribution in [0.5, 0.6) is 0 Å². The van der Waals surface area contributed by atoms with Crippen molar-refractivity contribution in [2.45, 2.75) is 52.5 Å². The van der Waals surface area contributed by atoms with Gasteiger partial charge in [-0.3, -0.25) is 0 Å². The van der Waals surface area contributed by atoms with Crippen LogP contribution in [0.1, 0.15) is 44.2 Å². The Balaban J connectivity index is 2.42. The fraction of sp³-hybridized carbons (Fsp3) is 0.529. The summed E-state index contributed by atoms with van der Waals surface area (Å²) in [6.45, 7) is 7.28. The van der Waals surface area contributed by atoms with Crippen molar-refractivity contribution in [1.82, 2.24) is 5.32 Å². The van der Waals surface area contributed by atoms with Gasteiger partial charge in [0.15, 0.2) is 0 Å². The maximum Gasteiger partial charge on any atom is 0.0103 e. The van der Waals surface area contributed by atoms with Crippen LogP contribution >= 0.6 is 0 Å². The predicted molar refractivity (Wildman–Crippen MR) is 79.6 cm³/mol. The minimum atomic E-state index is 0.594. The SMILES string of the molecule is CC#CCCC(CCc1cccc(C)c1)NCC. The molecule has 18 heavy (non-hydrogen) atoms. The zero-order chi connectivity index (χ0) is 13.2. The lowest BCUT2D eigenvalue weighted by atomic mass is 10.0. The second-order valence-corrected chi connectivity index (χ2v) is 4.75.